The lowest BCUT2D eigenvalue weighted by atomic mass is 10.1. The molecule has 0 aliphatic carbocycles. The van der Waals surface area contributed by atoms with Crippen LogP contribution in [0.2, 0.25) is 0 Å². The van der Waals surface area contributed by atoms with Crippen LogP contribution < -0.4 is 0 Å². The van der Waals surface area contributed by atoms with Crippen molar-refractivity contribution >= 4 is 5.97 Å². The molecule has 1 aliphatic heterocycles. The average Bonchev–Trinajstić information content (AvgIpc) is 3.21. The summed E-state index contributed by atoms with van der Waals surface area (Å²) >= 11 is 0. The topological polar surface area (TPSA) is 38.8 Å². The van der Waals surface area contributed by atoms with Gasteiger partial charge in [-0.1, -0.05) is 39.0 Å². The van der Waals surface area contributed by atoms with Gasteiger partial charge in [0, 0.05) is 0 Å². The van der Waals surface area contributed by atoms with Gasteiger partial charge in [0.2, 0.25) is 0 Å². The first kappa shape index (κ1) is 15.7. The number of ether oxygens (including phenoxy) is 2. The van der Waals surface area contributed by atoms with E-state index in [2.05, 4.69) is 6.92 Å². The summed E-state index contributed by atoms with van der Waals surface area (Å²) in [5.74, 6) is 0.153. The first-order chi connectivity index (χ1) is 9.04. The van der Waals surface area contributed by atoms with Gasteiger partial charge in [-0.3, -0.25) is 0 Å². The number of benzene rings is 1. The van der Waals surface area contributed by atoms with E-state index in [0.717, 1.165) is 12.2 Å². The molecule has 19 heavy (non-hydrogen) atoms. The fraction of sp³-hybridized carbons (Fsp3) is 0.562. The third-order valence-corrected chi connectivity index (χ3v) is 2.77. The van der Waals surface area contributed by atoms with Gasteiger partial charge >= 0.3 is 5.97 Å². The van der Waals surface area contributed by atoms with Crippen molar-refractivity contribution in [2.45, 2.75) is 40.2 Å². The molecule has 1 unspecified atom stereocenters. The van der Waals surface area contributed by atoms with Gasteiger partial charge in [0.05, 0.1) is 24.9 Å². The molecule has 1 aromatic carbocycles. The van der Waals surface area contributed by atoms with Crippen LogP contribution in [-0.2, 0) is 9.47 Å². The van der Waals surface area contributed by atoms with Gasteiger partial charge < -0.3 is 9.47 Å². The second-order valence-corrected chi connectivity index (χ2v) is 5.17. The molecule has 0 N–H and O–H groups in total. The average molecular weight is 264 g/mol. The van der Waals surface area contributed by atoms with Gasteiger partial charge in [-0.05, 0) is 30.9 Å². The summed E-state index contributed by atoms with van der Waals surface area (Å²) in [6.45, 7) is 9.57. The van der Waals surface area contributed by atoms with E-state index in [1.807, 2.05) is 39.0 Å². The van der Waals surface area contributed by atoms with E-state index >= 15 is 0 Å². The van der Waals surface area contributed by atoms with Crippen molar-refractivity contribution in [2.24, 2.45) is 5.92 Å². The molecule has 106 valence electrons. The minimum absolute atomic E-state index is 0.225. The van der Waals surface area contributed by atoms with Crippen molar-refractivity contribution in [3.05, 3.63) is 35.4 Å². The van der Waals surface area contributed by atoms with E-state index < -0.39 is 0 Å². The van der Waals surface area contributed by atoms with Crippen LogP contribution in [0.1, 0.15) is 43.1 Å². The Bertz CT molecular complexity index is 395. The van der Waals surface area contributed by atoms with Gasteiger partial charge in [-0.25, -0.2) is 4.79 Å². The number of epoxide rings is 1. The van der Waals surface area contributed by atoms with Crippen LogP contribution >= 0.6 is 0 Å². The Labute approximate surface area is 115 Å². The molecule has 1 saturated heterocycles. The summed E-state index contributed by atoms with van der Waals surface area (Å²) in [4.78, 5) is 11.5. The second-order valence-electron chi connectivity index (χ2n) is 5.17. The van der Waals surface area contributed by atoms with Crippen LogP contribution in [0.3, 0.4) is 0 Å². The molecule has 1 aliphatic rings. The Morgan fingerprint density at radius 3 is 2.47 bits per heavy atom. The third kappa shape index (κ3) is 6.39. The van der Waals surface area contributed by atoms with Gasteiger partial charge in [0.25, 0.3) is 0 Å². The number of aryl methyl sites for hydroxylation is 1. The van der Waals surface area contributed by atoms with E-state index in [9.17, 15) is 4.79 Å². The molecule has 1 aromatic rings. The summed E-state index contributed by atoms with van der Waals surface area (Å²) in [5, 5.41) is 0. The maximum atomic E-state index is 11.5. The van der Waals surface area contributed by atoms with Gasteiger partial charge in [0.1, 0.15) is 0 Å². The van der Waals surface area contributed by atoms with Crippen molar-refractivity contribution in [1.29, 1.82) is 0 Å². The van der Waals surface area contributed by atoms with Crippen LogP contribution in [-0.4, -0.2) is 25.3 Å². The fourth-order valence-corrected chi connectivity index (χ4v) is 1.43. The number of hydrogen-bond acceptors (Lipinski definition) is 3. The van der Waals surface area contributed by atoms with Gasteiger partial charge in [0.15, 0.2) is 0 Å². The Kier molecular flexibility index (Phi) is 6.57. The molecule has 1 atom stereocenters. The molecule has 2 rings (SSSR count). The molecule has 1 fully saturated rings. The lowest BCUT2D eigenvalue weighted by molar-refractivity contribution is 0.0458. The first-order valence-corrected chi connectivity index (χ1v) is 6.89. The summed E-state index contributed by atoms with van der Waals surface area (Å²) in [5.41, 5.74) is 1.62. The number of hydrogen-bond donors (Lipinski definition) is 0. The zero-order valence-corrected chi connectivity index (χ0v) is 12.3. The number of carbonyl (C=O) groups excluding carboxylic acids is 1. The Morgan fingerprint density at radius 2 is 2.05 bits per heavy atom. The van der Waals surface area contributed by atoms with Crippen LogP contribution in [0, 0.1) is 12.8 Å². The van der Waals surface area contributed by atoms with Crippen molar-refractivity contribution in [2.75, 3.05) is 13.2 Å². The smallest absolute Gasteiger partial charge is 0.338 e. The van der Waals surface area contributed by atoms with Crippen LogP contribution in [0.5, 0.6) is 0 Å². The SMILES string of the molecule is CCC1CO1.Cc1ccccc1C(=O)OCC(C)C. The molecule has 0 spiro atoms. The molecule has 0 radical (unpaired) electrons. The molecule has 0 saturated carbocycles. The Hall–Kier alpha value is -1.35. The highest BCUT2D eigenvalue weighted by molar-refractivity contribution is 5.90. The van der Waals surface area contributed by atoms with Crippen LogP contribution in [0.25, 0.3) is 0 Å². The highest BCUT2D eigenvalue weighted by Gasteiger charge is 2.18. The maximum Gasteiger partial charge on any atom is 0.338 e. The van der Waals surface area contributed by atoms with Crippen molar-refractivity contribution in [3.63, 3.8) is 0 Å². The van der Waals surface area contributed by atoms with E-state index in [1.165, 1.54) is 6.42 Å². The molecule has 0 bridgehead atoms. The molecule has 3 nitrogen and oxygen atoms in total. The monoisotopic (exact) mass is 264 g/mol. The summed E-state index contributed by atoms with van der Waals surface area (Å²) in [6, 6.07) is 7.46. The van der Waals surface area contributed by atoms with Crippen LogP contribution in [0.4, 0.5) is 0 Å². The van der Waals surface area contributed by atoms with E-state index in [-0.39, 0.29) is 5.97 Å². The number of rotatable bonds is 4. The molecular formula is C16H24O3. The standard InChI is InChI=1S/C12H16O2.C4H8O/c1-9(2)8-14-12(13)11-7-5-4-6-10(11)3;1-2-4-3-5-4/h4-7,9H,8H2,1-3H3;4H,2-3H2,1H3. The third-order valence-electron chi connectivity index (χ3n) is 2.77. The van der Waals surface area contributed by atoms with E-state index in [1.54, 1.807) is 6.07 Å². The highest BCUT2D eigenvalue weighted by atomic mass is 16.6. The molecular weight excluding hydrogens is 240 g/mol. The predicted octanol–water partition coefficient (Wildman–Crippen LogP) is 3.60. The summed E-state index contributed by atoms with van der Waals surface area (Å²) in [6.07, 6.45) is 1.83. The Balaban J connectivity index is 0.000000300. The van der Waals surface area contributed by atoms with E-state index in [4.69, 9.17) is 9.47 Å². The zero-order chi connectivity index (χ0) is 14.3. The zero-order valence-electron chi connectivity index (χ0n) is 12.3. The summed E-state index contributed by atoms with van der Waals surface area (Å²) in [7, 11) is 0. The quantitative estimate of drug-likeness (QED) is 0.616. The molecule has 3 heteroatoms. The van der Waals surface area contributed by atoms with Crippen molar-refractivity contribution < 1.29 is 14.3 Å². The van der Waals surface area contributed by atoms with Gasteiger partial charge in [-0.15, -0.1) is 0 Å². The minimum Gasteiger partial charge on any atom is -0.462 e. The summed E-state index contributed by atoms with van der Waals surface area (Å²) < 4.78 is 9.99. The lowest BCUT2D eigenvalue weighted by Gasteiger charge is -2.08. The van der Waals surface area contributed by atoms with E-state index in [0.29, 0.717) is 24.2 Å². The normalized spacial score (nSPS) is 16.6. The van der Waals surface area contributed by atoms with Gasteiger partial charge in [-0.2, -0.15) is 0 Å². The number of carbonyl (C=O) groups is 1. The first-order valence-electron chi connectivity index (χ1n) is 6.89. The van der Waals surface area contributed by atoms with Crippen molar-refractivity contribution in [1.82, 2.24) is 0 Å². The molecule has 1 heterocycles. The lowest BCUT2D eigenvalue weighted by Crippen LogP contribution is -2.11. The fourth-order valence-electron chi connectivity index (χ4n) is 1.43. The van der Waals surface area contributed by atoms with Crippen molar-refractivity contribution in [3.8, 4) is 0 Å². The molecule has 0 aromatic heterocycles. The van der Waals surface area contributed by atoms with Crippen LogP contribution in [0.15, 0.2) is 24.3 Å². The Morgan fingerprint density at radius 1 is 1.42 bits per heavy atom. The number of esters is 1. The molecule has 0 amide bonds. The minimum atomic E-state index is -0.225. The second kappa shape index (κ2) is 7.95. The largest absolute Gasteiger partial charge is 0.462 e. The maximum absolute atomic E-state index is 11.5. The highest BCUT2D eigenvalue weighted by Crippen LogP contribution is 2.11. The predicted molar refractivity (Wildman–Crippen MR) is 76.3 cm³/mol.